The summed E-state index contributed by atoms with van der Waals surface area (Å²) in [7, 11) is -4.24. The first-order valence-electron chi connectivity index (χ1n) is 15.9. The molecule has 1 unspecified atom stereocenters. The normalized spacial score (nSPS) is 15.4. The summed E-state index contributed by atoms with van der Waals surface area (Å²) in [6, 6.07) is 17.2. The number of ether oxygens (including phenoxy) is 1. The van der Waals surface area contributed by atoms with Crippen molar-refractivity contribution in [2.45, 2.75) is 36.7 Å². The minimum Gasteiger partial charge on any atom is -0.481 e. The van der Waals surface area contributed by atoms with Crippen LogP contribution in [0.15, 0.2) is 96.4 Å². The van der Waals surface area contributed by atoms with Crippen molar-refractivity contribution in [2.75, 3.05) is 31.1 Å². The summed E-state index contributed by atoms with van der Waals surface area (Å²) in [6.45, 7) is 0.881. The van der Waals surface area contributed by atoms with E-state index >= 15 is 0 Å². The molecule has 1 atom stereocenters. The zero-order valence-electron chi connectivity index (χ0n) is 27.3. The van der Waals surface area contributed by atoms with Gasteiger partial charge in [-0.15, -0.1) is 0 Å². The van der Waals surface area contributed by atoms with Crippen molar-refractivity contribution in [3.05, 3.63) is 103 Å². The van der Waals surface area contributed by atoms with Gasteiger partial charge in [0.2, 0.25) is 15.9 Å². The molecule has 6 rings (SSSR count). The maximum absolute atomic E-state index is 14.2. The number of aliphatic carboxylic acids is 1. The van der Waals surface area contributed by atoms with Crippen molar-refractivity contribution < 1.29 is 36.6 Å². The fraction of sp³-hybridized carbons (Fsp3) is 0.257. The Morgan fingerprint density at radius 1 is 1.00 bits per heavy atom. The van der Waals surface area contributed by atoms with Crippen molar-refractivity contribution in [3.8, 4) is 16.9 Å². The predicted octanol–water partition coefficient (Wildman–Crippen LogP) is 4.25. The largest absolute Gasteiger partial charge is 0.481 e. The Bertz CT molecular complexity index is 2150. The Labute approximate surface area is 292 Å². The van der Waals surface area contributed by atoms with Gasteiger partial charge >= 0.3 is 5.97 Å². The Balaban J connectivity index is 1.26. The third-order valence-corrected chi connectivity index (χ3v) is 10.4. The molecule has 1 amide bonds. The van der Waals surface area contributed by atoms with Gasteiger partial charge in [0.15, 0.2) is 12.3 Å². The number of benzene rings is 3. The van der Waals surface area contributed by atoms with Crippen molar-refractivity contribution >= 4 is 38.9 Å². The highest BCUT2D eigenvalue weighted by Gasteiger charge is 2.41. The molecule has 13 nitrogen and oxygen atoms in total. The molecule has 2 N–H and O–H groups in total. The zero-order valence-corrected chi connectivity index (χ0v) is 28.1. The first kappa shape index (κ1) is 35.2. The monoisotopic (exact) mass is 717 g/mol. The van der Waals surface area contributed by atoms with Gasteiger partial charge in [0.1, 0.15) is 29.5 Å². The Morgan fingerprint density at radius 2 is 1.75 bits per heavy atom. The number of carboxylic acid groups (broad SMARTS) is 1. The van der Waals surface area contributed by atoms with Gasteiger partial charge < -0.3 is 20.1 Å². The lowest BCUT2D eigenvalue weighted by atomic mass is 10.0. The van der Waals surface area contributed by atoms with Crippen molar-refractivity contribution in [1.29, 1.82) is 0 Å². The van der Waals surface area contributed by atoms with Crippen LogP contribution in [0.25, 0.3) is 22.3 Å². The van der Waals surface area contributed by atoms with E-state index in [9.17, 15) is 26.8 Å². The maximum Gasteiger partial charge on any atom is 0.341 e. The molecule has 0 spiro atoms. The van der Waals surface area contributed by atoms with Gasteiger partial charge in [0.05, 0.1) is 17.3 Å². The Hall–Kier alpha value is -5.61. The van der Waals surface area contributed by atoms with Gasteiger partial charge in [0.25, 0.3) is 5.92 Å². The summed E-state index contributed by atoms with van der Waals surface area (Å²) in [5.74, 6) is -3.99. The van der Waals surface area contributed by atoms with Crippen LogP contribution in [0.2, 0.25) is 0 Å². The number of aromatic nitrogens is 4. The third kappa shape index (κ3) is 7.76. The van der Waals surface area contributed by atoms with Gasteiger partial charge in [-0.3, -0.25) is 4.79 Å². The molecule has 3 aromatic carbocycles. The van der Waals surface area contributed by atoms with Crippen molar-refractivity contribution in [3.63, 3.8) is 0 Å². The topological polar surface area (TPSA) is 168 Å². The molecule has 5 aromatic rings. The molecule has 3 heterocycles. The van der Waals surface area contributed by atoms with Crippen LogP contribution in [0.1, 0.15) is 24.5 Å². The Morgan fingerprint density at radius 3 is 2.47 bits per heavy atom. The number of nitrogens with zero attached hydrogens (tertiary/aromatic N) is 6. The summed E-state index contributed by atoms with van der Waals surface area (Å²) >= 11 is 0. The van der Waals surface area contributed by atoms with E-state index in [1.54, 1.807) is 41.3 Å². The van der Waals surface area contributed by atoms with E-state index in [1.807, 2.05) is 0 Å². The molecule has 0 radical (unpaired) electrons. The van der Waals surface area contributed by atoms with Crippen LogP contribution >= 0.6 is 0 Å². The summed E-state index contributed by atoms with van der Waals surface area (Å²) in [5, 5.41) is 11.8. The van der Waals surface area contributed by atoms with Gasteiger partial charge in [-0.2, -0.15) is 4.31 Å². The number of carbonyl (C=O) groups is 2. The number of nitrogens with one attached hydrogen (secondary N) is 1. The van der Waals surface area contributed by atoms with Gasteiger partial charge in [0, 0.05) is 43.7 Å². The first-order chi connectivity index (χ1) is 24.5. The molecule has 1 aliphatic heterocycles. The second-order valence-corrected chi connectivity index (χ2v) is 13.6. The van der Waals surface area contributed by atoms with E-state index in [-0.39, 0.29) is 43.1 Å². The van der Waals surface area contributed by atoms with E-state index in [0.29, 0.717) is 39.4 Å². The van der Waals surface area contributed by atoms with E-state index < -0.39 is 40.5 Å². The summed E-state index contributed by atoms with van der Waals surface area (Å²) in [6.07, 6.45) is 4.01. The second kappa shape index (κ2) is 14.7. The molecule has 0 saturated carbocycles. The van der Waals surface area contributed by atoms with Crippen LogP contribution in [0, 0.1) is 0 Å². The summed E-state index contributed by atoms with van der Waals surface area (Å²) in [5.41, 5.74) is 2.40. The lowest BCUT2D eigenvalue weighted by molar-refractivity contribution is -0.139. The number of piperazine rings is 1. The number of para-hydroxylation sites is 1. The molecule has 1 aliphatic rings. The zero-order chi connectivity index (χ0) is 36.2. The van der Waals surface area contributed by atoms with E-state index in [2.05, 4.69) is 25.3 Å². The fourth-order valence-electron chi connectivity index (χ4n) is 5.68. The minimum absolute atomic E-state index is 0.0219. The molecule has 16 heteroatoms. The molecule has 1 saturated heterocycles. The van der Waals surface area contributed by atoms with E-state index in [0.717, 1.165) is 4.31 Å². The van der Waals surface area contributed by atoms with Gasteiger partial charge in [-0.25, -0.2) is 41.9 Å². The van der Waals surface area contributed by atoms with Crippen LogP contribution in [0.5, 0.6) is 5.75 Å². The standard InChI is InChI=1S/C35H33F2N7O6S/c1-2-35(36,37)25-11-7-23(8-12-25)17-40-34(47)29-20-43(31-19-39-28-18-38-22-41-33(28)42-31)15-16-44(29)51(48,49)26-13-9-24(10-14-26)27-5-3-4-6-30(27)50-21-32(45)46/h3-14,18-19,22,29H,2,15-17,20-21H2,1H3,(H,40,47)(H,45,46). The quantitative estimate of drug-likeness (QED) is 0.189. The number of sulfonamides is 1. The molecule has 2 aromatic heterocycles. The molecular weight excluding hydrogens is 684 g/mol. The first-order valence-corrected chi connectivity index (χ1v) is 17.4. The van der Waals surface area contributed by atoms with Gasteiger partial charge in [-0.05, 0) is 29.3 Å². The SMILES string of the molecule is CCC(F)(F)c1ccc(CNC(=O)C2CN(c3cnc4cncnc4n3)CCN2S(=O)(=O)c2ccc(-c3ccccc3OCC(=O)O)cc2)cc1. The number of anilines is 1. The lowest BCUT2D eigenvalue weighted by Gasteiger charge is -2.40. The average molecular weight is 718 g/mol. The maximum atomic E-state index is 14.2. The number of carbonyl (C=O) groups excluding carboxylic acids is 1. The number of rotatable bonds is 12. The molecule has 0 bridgehead atoms. The molecule has 1 fully saturated rings. The van der Waals surface area contributed by atoms with E-state index in [4.69, 9.17) is 9.84 Å². The number of amides is 1. The third-order valence-electron chi connectivity index (χ3n) is 8.47. The van der Waals surface area contributed by atoms with Gasteiger partial charge in [-0.1, -0.05) is 61.5 Å². The van der Waals surface area contributed by atoms with E-state index in [1.165, 1.54) is 62.0 Å². The molecule has 264 valence electrons. The average Bonchev–Trinajstić information content (AvgIpc) is 3.16. The van der Waals surface area contributed by atoms with Crippen LogP contribution in [-0.2, 0) is 32.1 Å². The van der Waals surface area contributed by atoms with Crippen LogP contribution < -0.4 is 15.0 Å². The highest BCUT2D eigenvalue weighted by Crippen LogP contribution is 2.33. The summed E-state index contributed by atoms with van der Waals surface area (Å²) in [4.78, 5) is 43.6. The van der Waals surface area contributed by atoms with Crippen molar-refractivity contribution in [2.24, 2.45) is 0 Å². The molecule has 0 aliphatic carbocycles. The highest BCUT2D eigenvalue weighted by molar-refractivity contribution is 7.89. The fourth-order valence-corrected chi connectivity index (χ4v) is 7.25. The van der Waals surface area contributed by atoms with Crippen LogP contribution in [-0.4, -0.2) is 81.9 Å². The van der Waals surface area contributed by atoms with Crippen LogP contribution in [0.4, 0.5) is 14.6 Å². The molecular formula is C35H33F2N7O6S. The minimum atomic E-state index is -4.24. The number of carboxylic acids is 1. The Kier molecular flexibility index (Phi) is 10.2. The van der Waals surface area contributed by atoms with Crippen molar-refractivity contribution in [1.82, 2.24) is 29.6 Å². The number of fused-ring (bicyclic) bond motifs is 1. The smallest absolute Gasteiger partial charge is 0.341 e. The number of halogens is 2. The number of alkyl halides is 2. The number of hydrogen-bond acceptors (Lipinski definition) is 10. The number of hydrogen-bond donors (Lipinski definition) is 2. The molecule has 51 heavy (non-hydrogen) atoms. The predicted molar refractivity (Wildman–Crippen MR) is 183 cm³/mol. The second-order valence-electron chi connectivity index (χ2n) is 11.7. The highest BCUT2D eigenvalue weighted by atomic mass is 32.2. The summed E-state index contributed by atoms with van der Waals surface area (Å²) < 4.78 is 63.2. The van der Waals surface area contributed by atoms with Crippen LogP contribution in [0.3, 0.4) is 0 Å². The lowest BCUT2D eigenvalue weighted by Crippen LogP contribution is -2.60.